The third-order valence-corrected chi connectivity index (χ3v) is 2.94. The first-order chi connectivity index (χ1) is 4.75. The molecule has 0 saturated carbocycles. The normalized spacial score (nSPS) is 29.3. The van der Waals surface area contributed by atoms with Crippen LogP contribution in [0, 0.1) is 0 Å². The van der Waals surface area contributed by atoms with Crippen molar-refractivity contribution in [2.45, 2.75) is 17.7 Å². The highest BCUT2D eigenvalue weighted by atomic mass is 35.5. The predicted octanol–water partition coefficient (Wildman–Crippen LogP) is 0.414. The van der Waals surface area contributed by atoms with Gasteiger partial charge in [-0.2, -0.15) is 0 Å². The molecule has 0 spiro atoms. The second kappa shape index (κ2) is 4.85. The standard InChI is InChI=1S/C6H11NO2S.ClH/c1-9-6(8)5-4(7)2-3-10-5;/h4-5H,2-3,7H2,1H3;1H. The summed E-state index contributed by atoms with van der Waals surface area (Å²) in [7, 11) is 1.40. The van der Waals surface area contributed by atoms with E-state index in [1.807, 2.05) is 0 Å². The van der Waals surface area contributed by atoms with Gasteiger partial charge in [0.15, 0.2) is 0 Å². The van der Waals surface area contributed by atoms with E-state index in [4.69, 9.17) is 5.73 Å². The molecule has 0 aromatic heterocycles. The van der Waals surface area contributed by atoms with Crippen molar-refractivity contribution in [2.75, 3.05) is 12.9 Å². The number of halogens is 1. The van der Waals surface area contributed by atoms with Gasteiger partial charge in [0.1, 0.15) is 5.25 Å². The first kappa shape index (κ1) is 11.1. The van der Waals surface area contributed by atoms with Crippen LogP contribution in [0.15, 0.2) is 0 Å². The molecule has 0 aromatic rings. The Balaban J connectivity index is 0.000001000. The maximum atomic E-state index is 10.9. The van der Waals surface area contributed by atoms with Crippen LogP contribution < -0.4 is 5.73 Å². The zero-order chi connectivity index (χ0) is 7.56. The summed E-state index contributed by atoms with van der Waals surface area (Å²) >= 11 is 1.58. The summed E-state index contributed by atoms with van der Waals surface area (Å²) in [6.45, 7) is 0. The van der Waals surface area contributed by atoms with E-state index >= 15 is 0 Å². The number of thioether (sulfide) groups is 1. The first-order valence-electron chi connectivity index (χ1n) is 3.20. The molecule has 1 heterocycles. The third kappa shape index (κ3) is 2.54. The molecule has 11 heavy (non-hydrogen) atoms. The van der Waals surface area contributed by atoms with Crippen LogP contribution in [-0.2, 0) is 9.53 Å². The van der Waals surface area contributed by atoms with E-state index in [0.717, 1.165) is 12.2 Å². The fraction of sp³-hybridized carbons (Fsp3) is 0.833. The number of rotatable bonds is 1. The Bertz CT molecular complexity index is 145. The highest BCUT2D eigenvalue weighted by molar-refractivity contribution is 8.00. The number of esters is 1. The van der Waals surface area contributed by atoms with Crippen molar-refractivity contribution in [1.82, 2.24) is 0 Å². The number of carbonyl (C=O) groups is 1. The molecule has 1 aliphatic heterocycles. The van der Waals surface area contributed by atoms with Gasteiger partial charge in [-0.05, 0) is 12.2 Å². The minimum atomic E-state index is -0.185. The second-order valence-corrected chi connectivity index (χ2v) is 3.52. The number of carbonyl (C=O) groups excluding carboxylic acids is 1. The van der Waals surface area contributed by atoms with Crippen molar-refractivity contribution in [3.05, 3.63) is 0 Å². The molecule has 0 radical (unpaired) electrons. The summed E-state index contributed by atoms with van der Waals surface area (Å²) in [5.41, 5.74) is 5.63. The monoisotopic (exact) mass is 197 g/mol. The molecule has 1 aliphatic rings. The molecular formula is C6H12ClNO2S. The Hall–Kier alpha value is 0.0700. The zero-order valence-electron chi connectivity index (χ0n) is 6.28. The molecule has 0 aromatic carbocycles. The van der Waals surface area contributed by atoms with Gasteiger partial charge in [-0.3, -0.25) is 4.79 Å². The minimum absolute atomic E-state index is 0. The molecule has 2 N–H and O–H groups in total. The van der Waals surface area contributed by atoms with Gasteiger partial charge in [0.2, 0.25) is 0 Å². The van der Waals surface area contributed by atoms with Crippen LogP contribution in [0.5, 0.6) is 0 Å². The second-order valence-electron chi connectivity index (χ2n) is 2.27. The van der Waals surface area contributed by atoms with E-state index in [9.17, 15) is 4.79 Å². The number of hydrogen-bond donors (Lipinski definition) is 1. The van der Waals surface area contributed by atoms with Crippen LogP contribution in [0.4, 0.5) is 0 Å². The number of hydrogen-bond acceptors (Lipinski definition) is 4. The molecule has 2 atom stereocenters. The summed E-state index contributed by atoms with van der Waals surface area (Å²) < 4.78 is 4.56. The minimum Gasteiger partial charge on any atom is -0.468 e. The molecule has 5 heteroatoms. The zero-order valence-corrected chi connectivity index (χ0v) is 7.91. The largest absolute Gasteiger partial charge is 0.468 e. The summed E-state index contributed by atoms with van der Waals surface area (Å²) in [6.07, 6.45) is 0.921. The molecular weight excluding hydrogens is 186 g/mol. The number of nitrogens with two attached hydrogens (primary N) is 1. The molecule has 0 amide bonds. The first-order valence-corrected chi connectivity index (χ1v) is 4.25. The lowest BCUT2D eigenvalue weighted by atomic mass is 10.2. The fourth-order valence-electron chi connectivity index (χ4n) is 0.965. The Morgan fingerprint density at radius 2 is 2.36 bits per heavy atom. The number of methoxy groups -OCH3 is 1. The molecule has 1 saturated heterocycles. The quantitative estimate of drug-likeness (QED) is 0.619. The van der Waals surface area contributed by atoms with Crippen LogP contribution in [0.1, 0.15) is 6.42 Å². The molecule has 0 bridgehead atoms. The molecule has 66 valence electrons. The summed E-state index contributed by atoms with van der Waals surface area (Å²) in [5, 5.41) is -0.120. The maximum absolute atomic E-state index is 10.9. The van der Waals surface area contributed by atoms with Gasteiger partial charge in [-0.15, -0.1) is 24.2 Å². The van der Waals surface area contributed by atoms with Crippen LogP contribution in [0.3, 0.4) is 0 Å². The smallest absolute Gasteiger partial charge is 0.320 e. The number of ether oxygens (including phenoxy) is 1. The summed E-state index contributed by atoms with van der Waals surface area (Å²) in [4.78, 5) is 10.9. The Morgan fingerprint density at radius 3 is 2.73 bits per heavy atom. The van der Waals surface area contributed by atoms with Gasteiger partial charge in [0, 0.05) is 6.04 Å². The van der Waals surface area contributed by atoms with E-state index in [1.165, 1.54) is 7.11 Å². The highest BCUT2D eigenvalue weighted by Gasteiger charge is 2.31. The van der Waals surface area contributed by atoms with E-state index < -0.39 is 0 Å². The van der Waals surface area contributed by atoms with Crippen LogP contribution in [-0.4, -0.2) is 30.1 Å². The Morgan fingerprint density at radius 1 is 1.73 bits per heavy atom. The third-order valence-electron chi connectivity index (χ3n) is 1.57. The van der Waals surface area contributed by atoms with Gasteiger partial charge >= 0.3 is 5.97 Å². The van der Waals surface area contributed by atoms with E-state index in [-0.39, 0.29) is 29.7 Å². The van der Waals surface area contributed by atoms with Crippen molar-refractivity contribution < 1.29 is 9.53 Å². The molecule has 1 rings (SSSR count). The lowest BCUT2D eigenvalue weighted by Crippen LogP contribution is -2.34. The van der Waals surface area contributed by atoms with Gasteiger partial charge in [0.25, 0.3) is 0 Å². The van der Waals surface area contributed by atoms with Gasteiger partial charge < -0.3 is 10.5 Å². The average molecular weight is 198 g/mol. The SMILES string of the molecule is COC(=O)C1SCCC1N.Cl. The highest BCUT2D eigenvalue weighted by Crippen LogP contribution is 2.25. The molecule has 0 aliphatic carbocycles. The van der Waals surface area contributed by atoms with Gasteiger partial charge in [0.05, 0.1) is 7.11 Å². The van der Waals surface area contributed by atoms with Crippen molar-refractivity contribution >= 4 is 30.1 Å². The van der Waals surface area contributed by atoms with Crippen molar-refractivity contribution in [2.24, 2.45) is 5.73 Å². The molecule has 3 nitrogen and oxygen atoms in total. The van der Waals surface area contributed by atoms with Crippen LogP contribution in [0.2, 0.25) is 0 Å². The maximum Gasteiger partial charge on any atom is 0.320 e. The Kier molecular flexibility index (Phi) is 4.88. The summed E-state index contributed by atoms with van der Waals surface area (Å²) in [6, 6.07) is -0.00236. The topological polar surface area (TPSA) is 52.3 Å². The lowest BCUT2D eigenvalue weighted by Gasteiger charge is -2.10. The molecule has 2 unspecified atom stereocenters. The Labute approximate surface area is 76.4 Å². The van der Waals surface area contributed by atoms with Gasteiger partial charge in [-0.25, -0.2) is 0 Å². The van der Waals surface area contributed by atoms with Crippen molar-refractivity contribution in [3.8, 4) is 0 Å². The van der Waals surface area contributed by atoms with E-state index in [2.05, 4.69) is 4.74 Å². The van der Waals surface area contributed by atoms with E-state index in [1.54, 1.807) is 11.8 Å². The lowest BCUT2D eigenvalue weighted by molar-refractivity contribution is -0.140. The predicted molar refractivity (Wildman–Crippen MR) is 48.1 cm³/mol. The molecule has 1 fully saturated rings. The van der Waals surface area contributed by atoms with Crippen molar-refractivity contribution in [3.63, 3.8) is 0 Å². The summed E-state index contributed by atoms with van der Waals surface area (Å²) in [5.74, 6) is 0.788. The van der Waals surface area contributed by atoms with Crippen molar-refractivity contribution in [1.29, 1.82) is 0 Å². The van der Waals surface area contributed by atoms with E-state index in [0.29, 0.717) is 0 Å². The average Bonchev–Trinajstić information content (AvgIpc) is 2.34. The van der Waals surface area contributed by atoms with Gasteiger partial charge in [-0.1, -0.05) is 0 Å². The fourth-order valence-corrected chi connectivity index (χ4v) is 2.24. The van der Waals surface area contributed by atoms with Crippen LogP contribution >= 0.6 is 24.2 Å². The van der Waals surface area contributed by atoms with Crippen LogP contribution in [0.25, 0.3) is 0 Å².